The summed E-state index contributed by atoms with van der Waals surface area (Å²) in [5.74, 6) is 0. The summed E-state index contributed by atoms with van der Waals surface area (Å²) >= 11 is 0. The van der Waals surface area contributed by atoms with Gasteiger partial charge in [-0.1, -0.05) is 10.5 Å². The molecule has 0 radical (unpaired) electrons. The van der Waals surface area contributed by atoms with Gasteiger partial charge in [-0.2, -0.15) is 0 Å². The zero-order valence-corrected chi connectivity index (χ0v) is 5.04. The quantitative estimate of drug-likeness (QED) is 0.262. The Morgan fingerprint density at radius 2 is 2.00 bits per heavy atom. The van der Waals surface area contributed by atoms with Crippen LogP contribution in [0.2, 0.25) is 0 Å². The lowest BCUT2D eigenvalue weighted by molar-refractivity contribution is 0.552. The maximum atomic E-state index is 9.06. The van der Waals surface area contributed by atoms with Crippen molar-refractivity contribution in [1.29, 1.82) is 0 Å². The van der Waals surface area contributed by atoms with Crippen molar-refractivity contribution in [1.82, 2.24) is 0 Å². The summed E-state index contributed by atoms with van der Waals surface area (Å²) in [6, 6.07) is 0. The molecule has 0 spiro atoms. The fourth-order valence-electron chi connectivity index (χ4n) is 0. The maximum absolute atomic E-state index is 9.06. The third-order valence-electron chi connectivity index (χ3n) is 0. The lowest BCUT2D eigenvalue weighted by atomic mass is 15.9. The van der Waals surface area contributed by atoms with Crippen LogP contribution in [-0.2, 0) is 10.5 Å². The molecule has 0 saturated heterocycles. The van der Waals surface area contributed by atoms with Crippen molar-refractivity contribution < 1.29 is 8.76 Å². The maximum Gasteiger partial charge on any atom is 0.0928 e. The Kier molecular flexibility index (Phi) is 1.76. The first kappa shape index (κ1) is 4.33. The van der Waals surface area contributed by atoms with Crippen molar-refractivity contribution in [2.75, 3.05) is 0 Å². The van der Waals surface area contributed by atoms with Gasteiger partial charge >= 0.3 is 0 Å². The van der Waals surface area contributed by atoms with Gasteiger partial charge in [-0.05, 0) is 0 Å². The molecule has 0 N–H and O–H groups in total. The Morgan fingerprint density at radius 1 is 2.00 bits per heavy atom. The molecule has 0 aromatic heterocycles. The van der Waals surface area contributed by atoms with Crippen molar-refractivity contribution in [3.05, 3.63) is 0 Å². The van der Waals surface area contributed by atoms with Gasteiger partial charge in [0.1, 0.15) is 0 Å². The smallest absolute Gasteiger partial charge is 0.0928 e. The van der Waals surface area contributed by atoms with Gasteiger partial charge in [0.15, 0.2) is 0 Å². The number of rotatable bonds is 0. The SMILES string of the molecule is O=S([O-])[SiH3]. The summed E-state index contributed by atoms with van der Waals surface area (Å²) in [5, 5.41) is 0. The van der Waals surface area contributed by atoms with Gasteiger partial charge in [-0.15, -0.1) is 0 Å². The van der Waals surface area contributed by atoms with E-state index in [0.29, 0.717) is 0 Å². The Bertz CT molecular complexity index is 29.0. The highest BCUT2D eigenvalue weighted by atomic mass is 32.4. The molecule has 0 rings (SSSR count). The molecule has 0 aromatic rings. The van der Waals surface area contributed by atoms with Gasteiger partial charge in [0.2, 0.25) is 0 Å². The first-order valence-electron chi connectivity index (χ1n) is 0.742. The van der Waals surface area contributed by atoms with E-state index in [1.807, 2.05) is 0 Å². The molecule has 0 amide bonds. The van der Waals surface area contributed by atoms with Crippen LogP contribution in [0.4, 0.5) is 0 Å². The summed E-state index contributed by atoms with van der Waals surface area (Å²) in [7, 11) is -1.46. The standard InChI is InChI=1S/H4O2SSi/c1-3(2)4/h4H3,(H,1,2)/p-1. The van der Waals surface area contributed by atoms with Crippen LogP contribution in [0.5, 0.6) is 0 Å². The molecule has 4 heteroatoms. The first-order valence-corrected chi connectivity index (χ1v) is 4.67. The summed E-state index contributed by atoms with van der Waals surface area (Å²) in [4.78, 5) is 0. The van der Waals surface area contributed by atoms with E-state index in [0.717, 1.165) is 0 Å². The first-order chi connectivity index (χ1) is 1.73. The summed E-state index contributed by atoms with van der Waals surface area (Å²) < 4.78 is 18.1. The van der Waals surface area contributed by atoms with Crippen LogP contribution >= 0.6 is 0 Å². The molecule has 0 aliphatic rings. The summed E-state index contributed by atoms with van der Waals surface area (Å²) in [5.41, 5.74) is 0. The van der Waals surface area contributed by atoms with E-state index >= 15 is 0 Å². The molecule has 2 nitrogen and oxygen atoms in total. The second-order valence-corrected chi connectivity index (χ2v) is 3.20. The average molecular weight is 95.2 g/mol. The number of hydrogen-bond acceptors (Lipinski definition) is 2. The Labute approximate surface area is 29.6 Å². The van der Waals surface area contributed by atoms with Gasteiger partial charge in [0.05, 0.1) is 9.39 Å². The van der Waals surface area contributed by atoms with E-state index in [1.54, 1.807) is 0 Å². The van der Waals surface area contributed by atoms with Crippen molar-refractivity contribution in [2.24, 2.45) is 0 Å². The molecule has 0 aromatic carbocycles. The van der Waals surface area contributed by atoms with Gasteiger partial charge in [-0.3, -0.25) is 4.21 Å². The van der Waals surface area contributed by atoms with E-state index in [9.17, 15) is 0 Å². The molecule has 4 heavy (non-hydrogen) atoms. The van der Waals surface area contributed by atoms with E-state index in [4.69, 9.17) is 8.76 Å². The minimum atomic E-state index is -1.72. The fraction of sp³-hybridized carbons (Fsp3) is 0. The highest BCUT2D eigenvalue weighted by molar-refractivity contribution is 8.01. The van der Waals surface area contributed by atoms with Gasteiger partial charge in [0, 0.05) is 0 Å². The highest BCUT2D eigenvalue weighted by Gasteiger charge is 1.42. The second kappa shape index (κ2) is 1.63. The van der Waals surface area contributed by atoms with Crippen molar-refractivity contribution in [3.8, 4) is 0 Å². The predicted octanol–water partition coefficient (Wildman–Crippen LogP) is -1.85. The monoisotopic (exact) mass is 95.0 g/mol. The predicted molar refractivity (Wildman–Crippen MR) is 18.9 cm³/mol. The molecule has 0 heterocycles. The van der Waals surface area contributed by atoms with Crippen molar-refractivity contribution in [3.63, 3.8) is 0 Å². The zero-order chi connectivity index (χ0) is 3.58. The molecule has 0 bridgehead atoms. The normalized spacial score (nSPS) is 16.2. The minimum Gasteiger partial charge on any atom is -0.778 e. The van der Waals surface area contributed by atoms with Crippen LogP contribution in [0.15, 0.2) is 0 Å². The molecule has 26 valence electrons. The summed E-state index contributed by atoms with van der Waals surface area (Å²) in [6.45, 7) is 0. The van der Waals surface area contributed by atoms with Crippen LogP contribution < -0.4 is 0 Å². The van der Waals surface area contributed by atoms with E-state index in [2.05, 4.69) is 0 Å². The Balaban J connectivity index is 2.80. The highest BCUT2D eigenvalue weighted by Crippen LogP contribution is 1.41. The van der Waals surface area contributed by atoms with Crippen LogP contribution in [0.3, 0.4) is 0 Å². The molecular weight excluding hydrogens is 92.2 g/mol. The van der Waals surface area contributed by atoms with Crippen molar-refractivity contribution in [2.45, 2.75) is 0 Å². The van der Waals surface area contributed by atoms with Crippen molar-refractivity contribution >= 4 is 19.9 Å². The third-order valence-corrected chi connectivity index (χ3v) is 0. The molecule has 1 atom stereocenters. The lowest BCUT2D eigenvalue weighted by Gasteiger charge is -1.85. The molecule has 0 saturated carbocycles. The van der Waals surface area contributed by atoms with Gasteiger partial charge in [-0.25, -0.2) is 0 Å². The second-order valence-electron chi connectivity index (χ2n) is 0.401. The molecule has 0 aliphatic carbocycles. The molecular formula is H3O2SSi-. The largest absolute Gasteiger partial charge is 0.778 e. The van der Waals surface area contributed by atoms with Gasteiger partial charge < -0.3 is 4.55 Å². The topological polar surface area (TPSA) is 40.1 Å². The molecule has 0 fully saturated rings. The van der Waals surface area contributed by atoms with Crippen LogP contribution in [0.1, 0.15) is 0 Å². The molecule has 0 aliphatic heterocycles. The van der Waals surface area contributed by atoms with E-state index in [1.165, 1.54) is 0 Å². The Morgan fingerprint density at radius 3 is 2.00 bits per heavy atom. The van der Waals surface area contributed by atoms with Crippen LogP contribution in [0.25, 0.3) is 0 Å². The third kappa shape index (κ3) is 38.3. The van der Waals surface area contributed by atoms with Crippen LogP contribution in [-0.4, -0.2) is 18.2 Å². The Hall–Kier alpha value is 0.327. The van der Waals surface area contributed by atoms with E-state index in [-0.39, 0.29) is 9.39 Å². The minimum absolute atomic E-state index is 0.265. The van der Waals surface area contributed by atoms with E-state index < -0.39 is 10.5 Å². The van der Waals surface area contributed by atoms with Crippen LogP contribution in [0, 0.1) is 0 Å². The fourth-order valence-corrected chi connectivity index (χ4v) is 0. The lowest BCUT2D eigenvalue weighted by Crippen LogP contribution is -1.77. The average Bonchev–Trinajstić information content (AvgIpc) is 0.811. The zero-order valence-electron chi connectivity index (χ0n) is 2.22. The van der Waals surface area contributed by atoms with Gasteiger partial charge in [0.25, 0.3) is 0 Å². The number of hydrogen-bond donors (Lipinski definition) is 0. The summed E-state index contributed by atoms with van der Waals surface area (Å²) in [6.07, 6.45) is 0. The molecule has 1 unspecified atom stereocenters.